The molecule has 0 aliphatic rings. The van der Waals surface area contributed by atoms with Crippen molar-refractivity contribution < 1.29 is 19.8 Å². The molecule has 4 nitrogen and oxygen atoms in total. The second-order valence-corrected chi connectivity index (χ2v) is 9.61. The molecule has 0 aliphatic carbocycles. The second-order valence-electron chi connectivity index (χ2n) is 9.61. The molecule has 0 fully saturated rings. The van der Waals surface area contributed by atoms with Gasteiger partial charge in [0.25, 0.3) is 0 Å². The second kappa shape index (κ2) is 8.99. The predicted molar refractivity (Wildman–Crippen MR) is 128 cm³/mol. The summed E-state index contributed by atoms with van der Waals surface area (Å²) in [6.45, 7) is 10.6. The fraction of sp³-hybridized carbons (Fsp3) is 0.286. The normalized spacial score (nSPS) is 11.6. The maximum absolute atomic E-state index is 12.1. The monoisotopic (exact) mass is 430 g/mol. The van der Waals surface area contributed by atoms with E-state index in [1.54, 1.807) is 30.3 Å². The van der Waals surface area contributed by atoms with Crippen LogP contribution in [-0.4, -0.2) is 22.2 Å². The van der Waals surface area contributed by atoms with Gasteiger partial charge in [-0.2, -0.15) is 0 Å². The first-order valence-corrected chi connectivity index (χ1v) is 10.8. The Morgan fingerprint density at radius 2 is 1.28 bits per heavy atom. The van der Waals surface area contributed by atoms with Crippen LogP contribution in [0.25, 0.3) is 22.3 Å². The van der Waals surface area contributed by atoms with Crippen LogP contribution >= 0.6 is 0 Å². The third-order valence-corrected chi connectivity index (χ3v) is 5.59. The smallest absolute Gasteiger partial charge is 0.336 e. The third-order valence-electron chi connectivity index (χ3n) is 5.59. The summed E-state index contributed by atoms with van der Waals surface area (Å²) < 4.78 is 0. The number of carbonyl (C=O) groups is 2. The molecule has 0 amide bonds. The van der Waals surface area contributed by atoms with Crippen molar-refractivity contribution in [3.05, 3.63) is 82.9 Å². The summed E-state index contributed by atoms with van der Waals surface area (Å²) in [6.07, 6.45) is 0.745. The molecule has 166 valence electrons. The molecule has 0 aromatic heterocycles. The molecule has 0 aliphatic heterocycles. The summed E-state index contributed by atoms with van der Waals surface area (Å²) in [5.74, 6) is -1.68. The molecule has 0 spiro atoms. The van der Waals surface area contributed by atoms with Crippen molar-refractivity contribution >= 4 is 11.9 Å². The largest absolute Gasteiger partial charge is 0.478 e. The van der Waals surface area contributed by atoms with Crippen molar-refractivity contribution in [3.63, 3.8) is 0 Å². The zero-order chi connectivity index (χ0) is 23.6. The topological polar surface area (TPSA) is 74.6 Å². The van der Waals surface area contributed by atoms with Crippen LogP contribution in [0.4, 0.5) is 0 Å². The molecule has 3 rings (SSSR count). The van der Waals surface area contributed by atoms with Gasteiger partial charge in [0.15, 0.2) is 0 Å². The van der Waals surface area contributed by atoms with Gasteiger partial charge in [0, 0.05) is 0 Å². The lowest BCUT2D eigenvalue weighted by Gasteiger charge is -2.26. The fourth-order valence-electron chi connectivity index (χ4n) is 4.06. The van der Waals surface area contributed by atoms with Crippen molar-refractivity contribution in [1.82, 2.24) is 0 Å². The fourth-order valence-corrected chi connectivity index (χ4v) is 4.06. The molecular formula is C28H30O4. The van der Waals surface area contributed by atoms with Crippen LogP contribution in [-0.2, 0) is 11.8 Å². The summed E-state index contributed by atoms with van der Waals surface area (Å²) >= 11 is 0. The summed E-state index contributed by atoms with van der Waals surface area (Å²) in [4.78, 5) is 24.2. The van der Waals surface area contributed by atoms with Crippen LogP contribution < -0.4 is 0 Å². The van der Waals surface area contributed by atoms with Crippen LogP contribution in [0.2, 0.25) is 0 Å². The van der Waals surface area contributed by atoms with Crippen LogP contribution in [0, 0.1) is 5.92 Å². The van der Waals surface area contributed by atoms with Crippen molar-refractivity contribution in [2.45, 2.75) is 46.5 Å². The Balaban J connectivity index is 2.52. The van der Waals surface area contributed by atoms with Crippen molar-refractivity contribution in [3.8, 4) is 22.3 Å². The van der Waals surface area contributed by atoms with Gasteiger partial charge in [-0.1, -0.05) is 77.1 Å². The molecule has 0 atom stereocenters. The molecule has 0 heterocycles. The molecule has 0 radical (unpaired) electrons. The maximum Gasteiger partial charge on any atom is 0.336 e. The first kappa shape index (κ1) is 23.3. The lowest BCUT2D eigenvalue weighted by molar-refractivity contribution is 0.0686. The van der Waals surface area contributed by atoms with Crippen molar-refractivity contribution in [2.75, 3.05) is 0 Å². The van der Waals surface area contributed by atoms with Gasteiger partial charge in [-0.05, 0) is 69.3 Å². The molecule has 32 heavy (non-hydrogen) atoms. The number of hydrogen-bond donors (Lipinski definition) is 2. The van der Waals surface area contributed by atoms with E-state index in [2.05, 4.69) is 40.7 Å². The average Bonchev–Trinajstić information content (AvgIpc) is 2.72. The number of aromatic carboxylic acids is 2. The van der Waals surface area contributed by atoms with Gasteiger partial charge in [-0.15, -0.1) is 0 Å². The lowest BCUT2D eigenvalue weighted by Crippen LogP contribution is -2.14. The molecule has 2 N–H and O–H groups in total. The van der Waals surface area contributed by atoms with Gasteiger partial charge in [0.1, 0.15) is 0 Å². The lowest BCUT2D eigenvalue weighted by atomic mass is 9.78. The Bertz CT molecular complexity index is 1170. The Hall–Kier alpha value is -3.40. The molecule has 0 saturated carbocycles. The number of benzene rings is 3. The molecule has 4 heteroatoms. The minimum Gasteiger partial charge on any atom is -0.478 e. The van der Waals surface area contributed by atoms with Gasteiger partial charge >= 0.3 is 11.9 Å². The molecule has 3 aromatic carbocycles. The van der Waals surface area contributed by atoms with Crippen LogP contribution in [0.15, 0.2) is 60.7 Å². The van der Waals surface area contributed by atoms with E-state index >= 15 is 0 Å². The van der Waals surface area contributed by atoms with E-state index in [9.17, 15) is 19.8 Å². The van der Waals surface area contributed by atoms with Crippen LogP contribution in [0.3, 0.4) is 0 Å². The van der Waals surface area contributed by atoms with E-state index in [0.29, 0.717) is 17.0 Å². The maximum atomic E-state index is 12.1. The SMILES string of the molecule is CC(C)Cc1cc(C(C)(C)C)cc(-c2ccccc2C(=O)O)c1-c1ccccc1C(=O)O. The first-order valence-electron chi connectivity index (χ1n) is 10.8. The Morgan fingerprint density at radius 3 is 1.78 bits per heavy atom. The standard InChI is InChI=1S/C28H30O4/c1-17(2)14-18-15-19(28(3,4)5)16-24(20-10-6-8-12-22(20)26(29)30)25(18)21-11-7-9-13-23(21)27(31)32/h6-13,15-17H,14H2,1-5H3,(H,29,30)(H,31,32). The van der Waals surface area contributed by atoms with E-state index in [0.717, 1.165) is 28.7 Å². The number of carboxylic acids is 2. The quantitative estimate of drug-likeness (QED) is 0.445. The minimum absolute atomic E-state index is 0.163. The van der Waals surface area contributed by atoms with E-state index in [4.69, 9.17) is 0 Å². The molecule has 0 bridgehead atoms. The van der Waals surface area contributed by atoms with Crippen molar-refractivity contribution in [1.29, 1.82) is 0 Å². The van der Waals surface area contributed by atoms with E-state index in [1.165, 1.54) is 0 Å². The summed E-state index contributed by atoms with van der Waals surface area (Å²) in [7, 11) is 0. The zero-order valence-corrected chi connectivity index (χ0v) is 19.3. The van der Waals surface area contributed by atoms with E-state index in [1.807, 2.05) is 24.3 Å². The average molecular weight is 431 g/mol. The molecule has 3 aromatic rings. The highest BCUT2D eigenvalue weighted by molar-refractivity contribution is 6.03. The van der Waals surface area contributed by atoms with Gasteiger partial charge in [0.05, 0.1) is 11.1 Å². The minimum atomic E-state index is -1.01. The first-order chi connectivity index (χ1) is 15.0. The van der Waals surface area contributed by atoms with Gasteiger partial charge in [-0.25, -0.2) is 9.59 Å². The highest BCUT2D eigenvalue weighted by Gasteiger charge is 2.25. The molecular weight excluding hydrogens is 400 g/mol. The van der Waals surface area contributed by atoms with Crippen LogP contribution in [0.1, 0.15) is 66.5 Å². The summed E-state index contributed by atoms with van der Waals surface area (Å²) in [5, 5.41) is 19.8. The van der Waals surface area contributed by atoms with Gasteiger partial charge in [-0.3, -0.25) is 0 Å². The predicted octanol–water partition coefficient (Wildman–Crippen LogP) is 6.91. The van der Waals surface area contributed by atoms with Crippen molar-refractivity contribution in [2.24, 2.45) is 5.92 Å². The molecule has 0 saturated heterocycles. The Labute approximate surface area is 189 Å². The number of carboxylic acid groups (broad SMARTS) is 2. The zero-order valence-electron chi connectivity index (χ0n) is 19.3. The Morgan fingerprint density at radius 1 is 0.781 bits per heavy atom. The van der Waals surface area contributed by atoms with E-state index < -0.39 is 11.9 Å². The summed E-state index contributed by atoms with van der Waals surface area (Å²) in [6, 6.07) is 18.1. The van der Waals surface area contributed by atoms with E-state index in [-0.39, 0.29) is 16.5 Å². The third kappa shape index (κ3) is 4.75. The molecule has 0 unspecified atom stereocenters. The number of hydrogen-bond acceptors (Lipinski definition) is 2. The highest BCUT2D eigenvalue weighted by atomic mass is 16.4. The highest BCUT2D eigenvalue weighted by Crippen LogP contribution is 2.42. The van der Waals surface area contributed by atoms with Gasteiger partial charge in [0.2, 0.25) is 0 Å². The number of rotatable bonds is 6. The van der Waals surface area contributed by atoms with Crippen LogP contribution in [0.5, 0.6) is 0 Å². The Kier molecular flexibility index (Phi) is 6.54. The van der Waals surface area contributed by atoms with Gasteiger partial charge < -0.3 is 10.2 Å². The summed E-state index contributed by atoms with van der Waals surface area (Å²) in [5.41, 5.74) is 5.08.